The average Bonchev–Trinajstić information content (AvgIpc) is 2.48. The summed E-state index contributed by atoms with van der Waals surface area (Å²) >= 11 is 5.89. The fourth-order valence-corrected chi connectivity index (χ4v) is 4.23. The minimum Gasteiger partial charge on any atom is -0.422 e. The predicted molar refractivity (Wildman–Crippen MR) is 80.1 cm³/mol. The molecule has 0 saturated carbocycles. The van der Waals surface area contributed by atoms with Crippen LogP contribution in [0.3, 0.4) is 0 Å². The SMILES string of the molecule is O=c1oc2ccc(Cl)cc2cc1S(=O)(=O)N1CCCCC1. The molecule has 21 heavy (non-hydrogen) atoms. The maximum Gasteiger partial charge on any atom is 0.356 e. The summed E-state index contributed by atoms with van der Waals surface area (Å²) in [6, 6.07) is 6.06. The summed E-state index contributed by atoms with van der Waals surface area (Å²) in [5.74, 6) is 0. The zero-order valence-corrected chi connectivity index (χ0v) is 12.8. The Hall–Kier alpha value is -1.37. The maximum absolute atomic E-state index is 12.6. The monoisotopic (exact) mass is 327 g/mol. The molecule has 0 radical (unpaired) electrons. The minimum atomic E-state index is -3.81. The van der Waals surface area contributed by atoms with E-state index in [2.05, 4.69) is 0 Å². The van der Waals surface area contributed by atoms with Crippen molar-refractivity contribution in [2.75, 3.05) is 13.1 Å². The molecule has 2 aromatic rings. The van der Waals surface area contributed by atoms with Gasteiger partial charge in [-0.05, 0) is 37.1 Å². The Bertz CT molecular complexity index is 838. The van der Waals surface area contributed by atoms with Crippen LogP contribution >= 0.6 is 11.6 Å². The van der Waals surface area contributed by atoms with Crippen LogP contribution in [-0.4, -0.2) is 25.8 Å². The molecular formula is C14H14ClNO4S. The molecule has 0 unspecified atom stereocenters. The molecule has 7 heteroatoms. The van der Waals surface area contributed by atoms with Gasteiger partial charge in [0, 0.05) is 23.5 Å². The van der Waals surface area contributed by atoms with Gasteiger partial charge in [-0.25, -0.2) is 13.2 Å². The molecule has 0 N–H and O–H groups in total. The van der Waals surface area contributed by atoms with Crippen LogP contribution in [0.15, 0.2) is 38.4 Å². The number of piperidine rings is 1. The van der Waals surface area contributed by atoms with E-state index in [1.54, 1.807) is 18.2 Å². The number of hydrogen-bond donors (Lipinski definition) is 0. The van der Waals surface area contributed by atoms with Crippen LogP contribution in [-0.2, 0) is 10.0 Å². The second-order valence-corrected chi connectivity index (χ2v) is 7.39. The molecule has 0 spiro atoms. The van der Waals surface area contributed by atoms with Crippen molar-refractivity contribution in [2.24, 2.45) is 0 Å². The zero-order valence-electron chi connectivity index (χ0n) is 11.2. The highest BCUT2D eigenvalue weighted by molar-refractivity contribution is 7.89. The van der Waals surface area contributed by atoms with E-state index in [1.807, 2.05) is 0 Å². The first-order valence-electron chi connectivity index (χ1n) is 6.72. The van der Waals surface area contributed by atoms with E-state index in [1.165, 1.54) is 10.4 Å². The molecule has 2 heterocycles. The van der Waals surface area contributed by atoms with Crippen LogP contribution in [0, 0.1) is 0 Å². The Balaban J connectivity index is 2.14. The summed E-state index contributed by atoms with van der Waals surface area (Å²) < 4.78 is 31.6. The molecule has 1 aromatic heterocycles. The van der Waals surface area contributed by atoms with Crippen molar-refractivity contribution in [1.82, 2.24) is 4.31 Å². The van der Waals surface area contributed by atoms with Gasteiger partial charge in [-0.2, -0.15) is 4.31 Å². The minimum absolute atomic E-state index is 0.320. The molecule has 1 aliphatic heterocycles. The maximum atomic E-state index is 12.6. The Morgan fingerprint density at radius 2 is 1.81 bits per heavy atom. The lowest BCUT2D eigenvalue weighted by Crippen LogP contribution is -2.37. The lowest BCUT2D eigenvalue weighted by molar-refractivity contribution is 0.345. The number of fused-ring (bicyclic) bond motifs is 1. The molecule has 1 saturated heterocycles. The smallest absolute Gasteiger partial charge is 0.356 e. The zero-order chi connectivity index (χ0) is 15.0. The molecule has 5 nitrogen and oxygen atoms in total. The quantitative estimate of drug-likeness (QED) is 0.795. The molecule has 1 aliphatic rings. The van der Waals surface area contributed by atoms with E-state index in [0.29, 0.717) is 29.1 Å². The van der Waals surface area contributed by atoms with Gasteiger partial charge in [-0.3, -0.25) is 0 Å². The Labute approximate surface area is 127 Å². The first-order valence-corrected chi connectivity index (χ1v) is 8.54. The second-order valence-electron chi connectivity index (χ2n) is 5.05. The van der Waals surface area contributed by atoms with Crippen molar-refractivity contribution in [3.8, 4) is 0 Å². The molecule has 0 amide bonds. The lowest BCUT2D eigenvalue weighted by Gasteiger charge is -2.25. The topological polar surface area (TPSA) is 67.6 Å². The van der Waals surface area contributed by atoms with Crippen LogP contribution in [0.2, 0.25) is 5.02 Å². The van der Waals surface area contributed by atoms with E-state index in [-0.39, 0.29) is 4.90 Å². The van der Waals surface area contributed by atoms with Gasteiger partial charge in [-0.15, -0.1) is 0 Å². The van der Waals surface area contributed by atoms with Crippen LogP contribution in [0.1, 0.15) is 19.3 Å². The van der Waals surface area contributed by atoms with Crippen LogP contribution in [0.25, 0.3) is 11.0 Å². The molecule has 0 atom stereocenters. The summed E-state index contributed by atoms with van der Waals surface area (Å²) in [5, 5.41) is 0.954. The van der Waals surface area contributed by atoms with Crippen molar-refractivity contribution >= 4 is 32.6 Å². The molecule has 0 bridgehead atoms. The van der Waals surface area contributed by atoms with Gasteiger partial charge in [-0.1, -0.05) is 18.0 Å². The van der Waals surface area contributed by atoms with E-state index in [0.717, 1.165) is 19.3 Å². The van der Waals surface area contributed by atoms with E-state index in [4.69, 9.17) is 16.0 Å². The van der Waals surface area contributed by atoms with Gasteiger partial charge in [0.2, 0.25) is 10.0 Å². The summed E-state index contributed by atoms with van der Waals surface area (Å²) in [5.41, 5.74) is -0.516. The first kappa shape index (κ1) is 14.6. The van der Waals surface area contributed by atoms with Gasteiger partial charge < -0.3 is 4.42 Å². The highest BCUT2D eigenvalue weighted by Crippen LogP contribution is 2.23. The normalized spacial score (nSPS) is 17.2. The van der Waals surface area contributed by atoms with Gasteiger partial charge in [0.1, 0.15) is 5.58 Å². The summed E-state index contributed by atoms with van der Waals surface area (Å²) in [4.78, 5) is 11.7. The Kier molecular flexibility index (Phi) is 3.77. The molecule has 1 aromatic carbocycles. The van der Waals surface area contributed by atoms with Crippen molar-refractivity contribution in [2.45, 2.75) is 24.2 Å². The van der Waals surface area contributed by atoms with Gasteiger partial charge >= 0.3 is 5.63 Å². The third kappa shape index (κ3) is 2.71. The third-order valence-electron chi connectivity index (χ3n) is 3.60. The average molecular weight is 328 g/mol. The standard InChI is InChI=1S/C14H14ClNO4S/c15-11-4-5-12-10(8-11)9-13(14(17)20-12)21(18,19)16-6-2-1-3-7-16/h4-5,8-9H,1-3,6-7H2. The van der Waals surface area contributed by atoms with E-state index < -0.39 is 15.6 Å². The molecule has 1 fully saturated rings. The highest BCUT2D eigenvalue weighted by atomic mass is 35.5. The first-order chi connectivity index (χ1) is 9.98. The fraction of sp³-hybridized carbons (Fsp3) is 0.357. The highest BCUT2D eigenvalue weighted by Gasteiger charge is 2.29. The van der Waals surface area contributed by atoms with Crippen molar-refractivity contribution in [3.05, 3.63) is 39.7 Å². The Morgan fingerprint density at radius 1 is 1.10 bits per heavy atom. The lowest BCUT2D eigenvalue weighted by atomic mass is 10.2. The van der Waals surface area contributed by atoms with Crippen LogP contribution in [0.5, 0.6) is 0 Å². The second kappa shape index (κ2) is 5.44. The summed E-state index contributed by atoms with van der Waals surface area (Å²) in [6.07, 6.45) is 2.63. The number of nitrogens with zero attached hydrogens (tertiary/aromatic N) is 1. The number of sulfonamides is 1. The summed E-state index contributed by atoms with van der Waals surface area (Å²) in [6.45, 7) is 0.880. The molecular weight excluding hydrogens is 314 g/mol. The summed E-state index contributed by atoms with van der Waals surface area (Å²) in [7, 11) is -3.81. The number of benzene rings is 1. The van der Waals surface area contributed by atoms with Crippen molar-refractivity contribution < 1.29 is 12.8 Å². The molecule has 112 valence electrons. The van der Waals surface area contributed by atoms with Crippen molar-refractivity contribution in [1.29, 1.82) is 0 Å². The van der Waals surface area contributed by atoms with E-state index in [9.17, 15) is 13.2 Å². The Morgan fingerprint density at radius 3 is 2.52 bits per heavy atom. The number of hydrogen-bond acceptors (Lipinski definition) is 4. The van der Waals surface area contributed by atoms with Gasteiger partial charge in [0.05, 0.1) is 0 Å². The van der Waals surface area contributed by atoms with E-state index >= 15 is 0 Å². The predicted octanol–water partition coefficient (Wildman–Crippen LogP) is 2.62. The van der Waals surface area contributed by atoms with Crippen LogP contribution in [0.4, 0.5) is 0 Å². The van der Waals surface area contributed by atoms with Crippen molar-refractivity contribution in [3.63, 3.8) is 0 Å². The largest absolute Gasteiger partial charge is 0.422 e. The molecule has 3 rings (SSSR count). The number of rotatable bonds is 2. The fourth-order valence-electron chi connectivity index (χ4n) is 2.50. The van der Waals surface area contributed by atoms with Crippen LogP contribution < -0.4 is 5.63 Å². The third-order valence-corrected chi connectivity index (χ3v) is 5.72. The molecule has 0 aliphatic carbocycles. The van der Waals surface area contributed by atoms with Gasteiger partial charge in [0.25, 0.3) is 0 Å². The van der Waals surface area contributed by atoms with Gasteiger partial charge in [0.15, 0.2) is 4.90 Å². The number of halogens is 1.